The molecule has 1 amide bonds. The van der Waals surface area contributed by atoms with Crippen molar-refractivity contribution in [3.63, 3.8) is 0 Å². The topological polar surface area (TPSA) is 66.8 Å². The van der Waals surface area contributed by atoms with Crippen LogP contribution in [0.25, 0.3) is 0 Å². The van der Waals surface area contributed by atoms with Crippen LogP contribution in [0.1, 0.15) is 36.3 Å². The molecule has 5 heteroatoms. The highest BCUT2D eigenvalue weighted by Crippen LogP contribution is 2.34. The predicted molar refractivity (Wildman–Crippen MR) is 103 cm³/mol. The van der Waals surface area contributed by atoms with Crippen LogP contribution in [0.5, 0.6) is 5.75 Å². The first-order valence-corrected chi connectivity index (χ1v) is 9.19. The number of carbonyl (C=O) groups is 2. The van der Waals surface area contributed by atoms with Crippen molar-refractivity contribution in [3.05, 3.63) is 65.7 Å². The highest BCUT2D eigenvalue weighted by Gasteiger charge is 2.40. The Labute approximate surface area is 159 Å². The minimum Gasteiger partial charge on any atom is -0.497 e. The van der Waals surface area contributed by atoms with Gasteiger partial charge in [0, 0.05) is 25.4 Å². The minimum absolute atomic E-state index is 0.00278. The van der Waals surface area contributed by atoms with Gasteiger partial charge in [-0.3, -0.25) is 9.59 Å². The highest BCUT2D eigenvalue weighted by atomic mass is 16.5. The summed E-state index contributed by atoms with van der Waals surface area (Å²) in [6.45, 7) is 2.73. The zero-order valence-corrected chi connectivity index (χ0v) is 15.7. The molecule has 0 radical (unpaired) electrons. The van der Waals surface area contributed by atoms with Gasteiger partial charge < -0.3 is 14.7 Å². The summed E-state index contributed by atoms with van der Waals surface area (Å²) >= 11 is 0. The van der Waals surface area contributed by atoms with Gasteiger partial charge in [-0.15, -0.1) is 0 Å². The number of hydrogen-bond donors (Lipinski definition) is 1. The Morgan fingerprint density at radius 3 is 2.37 bits per heavy atom. The molecule has 2 aromatic rings. The van der Waals surface area contributed by atoms with Crippen LogP contribution in [0.2, 0.25) is 0 Å². The van der Waals surface area contributed by atoms with Crippen LogP contribution in [0.4, 0.5) is 0 Å². The van der Waals surface area contributed by atoms with E-state index in [-0.39, 0.29) is 24.3 Å². The molecule has 1 aliphatic heterocycles. The quantitative estimate of drug-likeness (QED) is 0.848. The number of ether oxygens (including phenoxy) is 1. The second-order valence-electron chi connectivity index (χ2n) is 7.14. The Kier molecular flexibility index (Phi) is 5.79. The van der Waals surface area contributed by atoms with Gasteiger partial charge in [-0.1, -0.05) is 49.4 Å². The van der Waals surface area contributed by atoms with E-state index in [4.69, 9.17) is 4.74 Å². The summed E-state index contributed by atoms with van der Waals surface area (Å²) in [7, 11) is 1.62. The molecular formula is C22H25NO4. The molecule has 1 heterocycles. The molecule has 0 aliphatic carbocycles. The molecule has 142 valence electrons. The van der Waals surface area contributed by atoms with Crippen molar-refractivity contribution in [1.29, 1.82) is 0 Å². The third-order valence-corrected chi connectivity index (χ3v) is 5.38. The molecule has 0 spiro atoms. The fourth-order valence-electron chi connectivity index (χ4n) is 3.74. The number of amides is 1. The second-order valence-corrected chi connectivity index (χ2v) is 7.14. The van der Waals surface area contributed by atoms with Crippen molar-refractivity contribution in [1.82, 2.24) is 4.90 Å². The molecule has 1 N–H and O–H groups in total. The maximum atomic E-state index is 12.8. The number of likely N-dealkylation sites (tertiary alicyclic amines) is 1. The summed E-state index contributed by atoms with van der Waals surface area (Å²) in [5.41, 5.74) is 2.04. The lowest BCUT2D eigenvalue weighted by atomic mass is 9.89. The van der Waals surface area contributed by atoms with Gasteiger partial charge in [-0.05, 0) is 29.2 Å². The first-order valence-electron chi connectivity index (χ1n) is 9.19. The predicted octanol–water partition coefficient (Wildman–Crippen LogP) is 3.52. The fraction of sp³-hybridized carbons (Fsp3) is 0.364. The molecule has 0 bridgehead atoms. The molecule has 0 aromatic heterocycles. The van der Waals surface area contributed by atoms with Crippen molar-refractivity contribution < 1.29 is 19.4 Å². The van der Waals surface area contributed by atoms with Crippen molar-refractivity contribution in [2.75, 3.05) is 20.2 Å². The van der Waals surface area contributed by atoms with Crippen LogP contribution in [-0.2, 0) is 9.59 Å². The number of carbonyl (C=O) groups excluding carboxylic acids is 1. The molecule has 3 unspecified atom stereocenters. The van der Waals surface area contributed by atoms with Crippen LogP contribution in [0, 0.1) is 5.92 Å². The number of carboxylic acid groups (broad SMARTS) is 1. The number of benzene rings is 2. The van der Waals surface area contributed by atoms with E-state index in [1.165, 1.54) is 0 Å². The zero-order valence-electron chi connectivity index (χ0n) is 15.7. The summed E-state index contributed by atoms with van der Waals surface area (Å²) in [6.07, 6.45) is 0.361. The Hall–Kier alpha value is -2.82. The van der Waals surface area contributed by atoms with Crippen molar-refractivity contribution >= 4 is 11.9 Å². The molecule has 27 heavy (non-hydrogen) atoms. The molecule has 5 nitrogen and oxygen atoms in total. The van der Waals surface area contributed by atoms with Crippen LogP contribution in [0.3, 0.4) is 0 Å². The van der Waals surface area contributed by atoms with Crippen LogP contribution < -0.4 is 4.74 Å². The number of rotatable bonds is 6. The van der Waals surface area contributed by atoms with Crippen LogP contribution >= 0.6 is 0 Å². The van der Waals surface area contributed by atoms with Crippen molar-refractivity contribution in [2.24, 2.45) is 5.92 Å². The summed E-state index contributed by atoms with van der Waals surface area (Å²) in [5.74, 6) is -0.726. The smallest absolute Gasteiger partial charge is 0.308 e. The average molecular weight is 367 g/mol. The number of methoxy groups -OCH3 is 1. The third kappa shape index (κ3) is 4.30. The van der Waals surface area contributed by atoms with Crippen molar-refractivity contribution in [3.8, 4) is 5.75 Å². The lowest BCUT2D eigenvalue weighted by Crippen LogP contribution is -2.30. The van der Waals surface area contributed by atoms with Gasteiger partial charge >= 0.3 is 5.97 Å². The minimum atomic E-state index is -0.845. The molecule has 1 saturated heterocycles. The van der Waals surface area contributed by atoms with Gasteiger partial charge in [0.1, 0.15) is 5.75 Å². The first-order chi connectivity index (χ1) is 13.0. The average Bonchev–Trinajstić information content (AvgIpc) is 3.14. The van der Waals surface area contributed by atoms with E-state index in [1.54, 1.807) is 12.0 Å². The number of hydrogen-bond acceptors (Lipinski definition) is 3. The van der Waals surface area contributed by atoms with Gasteiger partial charge in [-0.2, -0.15) is 0 Å². The van der Waals surface area contributed by atoms with E-state index in [2.05, 4.69) is 0 Å². The van der Waals surface area contributed by atoms with E-state index < -0.39 is 11.9 Å². The molecule has 1 fully saturated rings. The molecular weight excluding hydrogens is 342 g/mol. The van der Waals surface area contributed by atoms with Crippen LogP contribution in [0.15, 0.2) is 54.6 Å². The van der Waals surface area contributed by atoms with E-state index in [0.717, 1.165) is 16.9 Å². The molecule has 3 rings (SSSR count). The Morgan fingerprint density at radius 1 is 1.11 bits per heavy atom. The fourth-order valence-corrected chi connectivity index (χ4v) is 3.74. The van der Waals surface area contributed by atoms with E-state index in [0.29, 0.717) is 13.0 Å². The second kappa shape index (κ2) is 8.25. The standard InChI is InChI=1S/C22H25NO4/c1-15(16-8-10-18(27-2)11-9-16)12-21(24)23-13-19(20(14-23)22(25)26)17-6-4-3-5-7-17/h3-11,15,19-20H,12-14H2,1-2H3,(H,25,26). The molecule has 1 aliphatic rings. The first kappa shape index (κ1) is 19.0. The Morgan fingerprint density at radius 2 is 1.78 bits per heavy atom. The number of carboxylic acids is 1. The largest absolute Gasteiger partial charge is 0.497 e. The van der Waals surface area contributed by atoms with E-state index >= 15 is 0 Å². The van der Waals surface area contributed by atoms with Crippen LogP contribution in [-0.4, -0.2) is 42.1 Å². The molecule has 2 aromatic carbocycles. The molecule has 0 saturated carbocycles. The lowest BCUT2D eigenvalue weighted by Gasteiger charge is -2.19. The zero-order chi connectivity index (χ0) is 19.4. The maximum absolute atomic E-state index is 12.8. The third-order valence-electron chi connectivity index (χ3n) is 5.38. The normalized spacial score (nSPS) is 20.3. The molecule has 3 atom stereocenters. The van der Waals surface area contributed by atoms with Gasteiger partial charge in [0.15, 0.2) is 0 Å². The Balaban J connectivity index is 1.68. The maximum Gasteiger partial charge on any atom is 0.308 e. The van der Waals surface area contributed by atoms with Gasteiger partial charge in [0.2, 0.25) is 5.91 Å². The monoisotopic (exact) mass is 367 g/mol. The van der Waals surface area contributed by atoms with E-state index in [9.17, 15) is 14.7 Å². The van der Waals surface area contributed by atoms with Gasteiger partial charge in [-0.25, -0.2) is 0 Å². The summed E-state index contributed by atoms with van der Waals surface area (Å²) in [4.78, 5) is 26.2. The van der Waals surface area contributed by atoms with Gasteiger partial charge in [0.05, 0.1) is 13.0 Å². The van der Waals surface area contributed by atoms with Gasteiger partial charge in [0.25, 0.3) is 0 Å². The Bertz CT molecular complexity index is 788. The summed E-state index contributed by atoms with van der Waals surface area (Å²) in [6, 6.07) is 17.3. The number of nitrogens with zero attached hydrogens (tertiary/aromatic N) is 1. The SMILES string of the molecule is COc1ccc(C(C)CC(=O)N2CC(C(=O)O)C(c3ccccc3)C2)cc1. The van der Waals surface area contributed by atoms with Crippen molar-refractivity contribution in [2.45, 2.75) is 25.2 Å². The highest BCUT2D eigenvalue weighted by molar-refractivity contribution is 5.80. The van der Waals surface area contributed by atoms with E-state index in [1.807, 2.05) is 61.5 Å². The lowest BCUT2D eigenvalue weighted by molar-refractivity contribution is -0.141. The summed E-state index contributed by atoms with van der Waals surface area (Å²) in [5, 5.41) is 9.60. The summed E-state index contributed by atoms with van der Waals surface area (Å²) < 4.78 is 5.17. The number of aliphatic carboxylic acids is 1.